The van der Waals surface area contributed by atoms with Gasteiger partial charge in [-0.3, -0.25) is 4.79 Å². The zero-order valence-corrected chi connectivity index (χ0v) is 13.8. The number of carbonyl (C=O) groups is 1. The van der Waals surface area contributed by atoms with Crippen LogP contribution in [-0.4, -0.2) is 44.2 Å². The van der Waals surface area contributed by atoms with E-state index < -0.39 is 0 Å². The average Bonchev–Trinajstić information content (AvgIpc) is 2.43. The number of benzene rings is 1. The second kappa shape index (κ2) is 7.31. The van der Waals surface area contributed by atoms with Gasteiger partial charge < -0.3 is 19.7 Å². The van der Waals surface area contributed by atoms with Crippen LogP contribution in [0.3, 0.4) is 0 Å². The second-order valence-electron chi connectivity index (χ2n) is 6.01. The van der Waals surface area contributed by atoms with Gasteiger partial charge in [-0.25, -0.2) is 0 Å². The Kier molecular flexibility index (Phi) is 6.03. The lowest BCUT2D eigenvalue weighted by molar-refractivity contribution is -0.129. The van der Waals surface area contributed by atoms with Crippen molar-refractivity contribution in [2.75, 3.05) is 27.8 Å². The third kappa shape index (κ3) is 5.27. The molecule has 5 nitrogen and oxygen atoms in total. The van der Waals surface area contributed by atoms with Gasteiger partial charge in [0.15, 0.2) is 11.5 Å². The first-order valence-corrected chi connectivity index (χ1v) is 6.97. The fourth-order valence-electron chi connectivity index (χ4n) is 1.90. The number of methoxy groups -OCH3 is 2. The van der Waals surface area contributed by atoms with Gasteiger partial charge in [0.25, 0.3) is 0 Å². The lowest BCUT2D eigenvalue weighted by Crippen LogP contribution is -2.43. The van der Waals surface area contributed by atoms with Gasteiger partial charge in [-0.2, -0.15) is 0 Å². The number of carbonyl (C=O) groups excluding carboxylic acids is 1. The summed E-state index contributed by atoms with van der Waals surface area (Å²) in [6, 6.07) is 5.66. The van der Waals surface area contributed by atoms with Crippen molar-refractivity contribution in [3.05, 3.63) is 23.8 Å². The molecule has 1 amide bonds. The summed E-state index contributed by atoms with van der Waals surface area (Å²) in [5.41, 5.74) is 0.841. The Labute approximate surface area is 127 Å². The SMILES string of the molecule is COc1cccc(CN(C)C(=O)CNC(C)(C)C)c1OC. The standard InChI is InChI=1S/C16H26N2O3/c1-16(2,3)17-10-14(19)18(4)11-12-8-7-9-13(20-5)15(12)21-6/h7-9,17H,10-11H2,1-6H3. The molecule has 1 N–H and O–H groups in total. The molecule has 0 aliphatic carbocycles. The Morgan fingerprint density at radius 1 is 1.24 bits per heavy atom. The molecule has 0 saturated carbocycles. The van der Waals surface area contributed by atoms with Crippen LogP contribution in [0.4, 0.5) is 0 Å². The maximum Gasteiger partial charge on any atom is 0.236 e. The fourth-order valence-corrected chi connectivity index (χ4v) is 1.90. The van der Waals surface area contributed by atoms with Gasteiger partial charge in [-0.1, -0.05) is 12.1 Å². The van der Waals surface area contributed by atoms with Crippen molar-refractivity contribution >= 4 is 5.91 Å². The molecule has 0 bridgehead atoms. The van der Waals surface area contributed by atoms with Gasteiger partial charge in [-0.05, 0) is 26.8 Å². The van der Waals surface area contributed by atoms with Crippen LogP contribution in [0.15, 0.2) is 18.2 Å². The molecule has 1 aromatic rings. The highest BCUT2D eigenvalue weighted by Gasteiger charge is 2.17. The average molecular weight is 294 g/mol. The maximum atomic E-state index is 12.1. The van der Waals surface area contributed by atoms with E-state index in [0.29, 0.717) is 24.6 Å². The van der Waals surface area contributed by atoms with Crippen LogP contribution in [-0.2, 0) is 11.3 Å². The van der Waals surface area contributed by atoms with Gasteiger partial charge in [0.1, 0.15) is 0 Å². The predicted octanol–water partition coefficient (Wildman–Crippen LogP) is 2.05. The molecule has 0 aliphatic heterocycles. The van der Waals surface area contributed by atoms with Crippen LogP contribution < -0.4 is 14.8 Å². The van der Waals surface area contributed by atoms with Crippen LogP contribution in [0.2, 0.25) is 0 Å². The van der Waals surface area contributed by atoms with E-state index in [1.807, 2.05) is 39.0 Å². The van der Waals surface area contributed by atoms with Gasteiger partial charge in [0.05, 0.1) is 20.8 Å². The molecule has 0 radical (unpaired) electrons. The molecule has 1 aromatic carbocycles. The number of para-hydroxylation sites is 1. The molecule has 0 spiro atoms. The van der Waals surface area contributed by atoms with Crippen LogP contribution >= 0.6 is 0 Å². The summed E-state index contributed by atoms with van der Waals surface area (Å²) in [6.45, 7) is 6.89. The topological polar surface area (TPSA) is 50.8 Å². The Hall–Kier alpha value is -1.75. The molecule has 5 heteroatoms. The van der Waals surface area contributed by atoms with Gasteiger partial charge >= 0.3 is 0 Å². The minimum Gasteiger partial charge on any atom is -0.493 e. The lowest BCUT2D eigenvalue weighted by Gasteiger charge is -2.24. The zero-order valence-electron chi connectivity index (χ0n) is 13.8. The summed E-state index contributed by atoms with van der Waals surface area (Å²) >= 11 is 0. The molecule has 0 unspecified atom stereocenters. The minimum atomic E-state index is -0.0792. The van der Waals surface area contributed by atoms with Gasteiger partial charge in [0, 0.05) is 24.7 Å². The summed E-state index contributed by atoms with van der Waals surface area (Å²) in [5.74, 6) is 1.38. The summed E-state index contributed by atoms with van der Waals surface area (Å²) in [4.78, 5) is 13.8. The van der Waals surface area contributed by atoms with Gasteiger partial charge in [0.2, 0.25) is 5.91 Å². The predicted molar refractivity (Wildman–Crippen MR) is 83.8 cm³/mol. The van der Waals surface area contributed by atoms with E-state index in [2.05, 4.69) is 5.32 Å². The minimum absolute atomic E-state index is 0.0368. The normalized spacial score (nSPS) is 11.1. The van der Waals surface area contributed by atoms with E-state index in [1.165, 1.54) is 0 Å². The third-order valence-electron chi connectivity index (χ3n) is 3.09. The van der Waals surface area contributed by atoms with E-state index in [9.17, 15) is 4.79 Å². The van der Waals surface area contributed by atoms with Crippen LogP contribution in [0, 0.1) is 0 Å². The van der Waals surface area contributed by atoms with Crippen molar-refractivity contribution in [2.45, 2.75) is 32.9 Å². The molecule has 0 fully saturated rings. The molecular weight excluding hydrogens is 268 g/mol. The van der Waals surface area contributed by atoms with E-state index in [0.717, 1.165) is 5.56 Å². The Bertz CT molecular complexity index is 481. The van der Waals surface area contributed by atoms with E-state index >= 15 is 0 Å². The van der Waals surface area contributed by atoms with Crippen molar-refractivity contribution < 1.29 is 14.3 Å². The zero-order chi connectivity index (χ0) is 16.0. The first-order valence-electron chi connectivity index (χ1n) is 6.97. The van der Waals surface area contributed by atoms with E-state index in [-0.39, 0.29) is 11.4 Å². The Balaban J connectivity index is 2.74. The van der Waals surface area contributed by atoms with Gasteiger partial charge in [-0.15, -0.1) is 0 Å². The number of hydrogen-bond acceptors (Lipinski definition) is 4. The molecular formula is C16H26N2O3. The number of amides is 1. The van der Waals surface area contributed by atoms with Crippen LogP contribution in [0.1, 0.15) is 26.3 Å². The molecule has 1 rings (SSSR count). The molecule has 118 valence electrons. The molecule has 0 atom stereocenters. The fraction of sp³-hybridized carbons (Fsp3) is 0.562. The monoisotopic (exact) mass is 294 g/mol. The Morgan fingerprint density at radius 2 is 1.90 bits per heavy atom. The molecule has 0 aliphatic rings. The second-order valence-corrected chi connectivity index (χ2v) is 6.01. The van der Waals surface area contributed by atoms with Crippen molar-refractivity contribution in [3.63, 3.8) is 0 Å². The third-order valence-corrected chi connectivity index (χ3v) is 3.09. The summed E-state index contributed by atoms with van der Waals surface area (Å²) < 4.78 is 10.7. The highest BCUT2D eigenvalue weighted by Crippen LogP contribution is 2.31. The van der Waals surface area contributed by atoms with Crippen LogP contribution in [0.5, 0.6) is 11.5 Å². The highest BCUT2D eigenvalue weighted by atomic mass is 16.5. The molecule has 21 heavy (non-hydrogen) atoms. The maximum absolute atomic E-state index is 12.1. The first-order chi connectivity index (χ1) is 9.78. The molecule has 0 saturated heterocycles. The first kappa shape index (κ1) is 17.3. The van der Waals surface area contributed by atoms with Crippen molar-refractivity contribution in [1.29, 1.82) is 0 Å². The van der Waals surface area contributed by atoms with Crippen molar-refractivity contribution in [1.82, 2.24) is 10.2 Å². The van der Waals surface area contributed by atoms with E-state index in [4.69, 9.17) is 9.47 Å². The van der Waals surface area contributed by atoms with Crippen molar-refractivity contribution in [2.24, 2.45) is 0 Å². The number of likely N-dealkylation sites (N-methyl/N-ethyl adjacent to an activating group) is 1. The Morgan fingerprint density at radius 3 is 2.43 bits per heavy atom. The molecule has 0 aromatic heterocycles. The quantitative estimate of drug-likeness (QED) is 0.872. The lowest BCUT2D eigenvalue weighted by atomic mass is 10.1. The summed E-state index contributed by atoms with van der Waals surface area (Å²) in [7, 11) is 4.99. The smallest absolute Gasteiger partial charge is 0.236 e. The number of nitrogens with one attached hydrogen (secondary N) is 1. The van der Waals surface area contributed by atoms with Crippen molar-refractivity contribution in [3.8, 4) is 11.5 Å². The number of nitrogens with zero attached hydrogens (tertiary/aromatic N) is 1. The number of rotatable bonds is 6. The largest absolute Gasteiger partial charge is 0.493 e. The summed E-state index contributed by atoms with van der Waals surface area (Å²) in [5, 5.41) is 3.19. The number of hydrogen-bond donors (Lipinski definition) is 1. The highest BCUT2D eigenvalue weighted by molar-refractivity contribution is 5.78. The van der Waals surface area contributed by atoms with E-state index in [1.54, 1.807) is 26.2 Å². The summed E-state index contributed by atoms with van der Waals surface area (Å²) in [6.07, 6.45) is 0. The number of ether oxygens (including phenoxy) is 2. The van der Waals surface area contributed by atoms with Crippen LogP contribution in [0.25, 0.3) is 0 Å². The molecule has 0 heterocycles.